The molecule has 0 bridgehead atoms. The van der Waals surface area contributed by atoms with Crippen molar-refractivity contribution in [2.24, 2.45) is 0 Å². The highest BCUT2D eigenvalue weighted by atomic mass is 19.4. The van der Waals surface area contributed by atoms with E-state index >= 15 is 0 Å². The van der Waals surface area contributed by atoms with Gasteiger partial charge in [0.2, 0.25) is 0 Å². The van der Waals surface area contributed by atoms with Crippen LogP contribution in [0.5, 0.6) is 0 Å². The van der Waals surface area contributed by atoms with Gasteiger partial charge in [0.25, 0.3) is 0 Å². The molecule has 0 aromatic carbocycles. The molecular formula is C10H18F3NO. The lowest BCUT2D eigenvalue weighted by molar-refractivity contribution is -0.135. The number of hydrogen-bond donors (Lipinski definition) is 1. The van der Waals surface area contributed by atoms with E-state index in [9.17, 15) is 13.2 Å². The lowest BCUT2D eigenvalue weighted by Crippen LogP contribution is -2.35. The number of rotatable bonds is 5. The molecule has 1 N–H and O–H groups in total. The maximum absolute atomic E-state index is 11.8. The highest BCUT2D eigenvalue weighted by Crippen LogP contribution is 2.22. The monoisotopic (exact) mass is 225 g/mol. The van der Waals surface area contributed by atoms with E-state index in [0.29, 0.717) is 19.0 Å². The minimum absolute atomic E-state index is 0.188. The molecule has 1 saturated heterocycles. The first-order valence-electron chi connectivity index (χ1n) is 5.41. The van der Waals surface area contributed by atoms with E-state index < -0.39 is 12.6 Å². The highest BCUT2D eigenvalue weighted by Gasteiger charge is 2.26. The standard InChI is InChI=1S/C10H18F3NO/c1-8-9(4-7-15-8)14-6-3-2-5-10(11,12)13/h8-9,14H,2-7H2,1H3. The number of hydrogen-bond acceptors (Lipinski definition) is 2. The van der Waals surface area contributed by atoms with Crippen molar-refractivity contribution in [2.75, 3.05) is 13.2 Å². The van der Waals surface area contributed by atoms with Crippen LogP contribution in [0.15, 0.2) is 0 Å². The summed E-state index contributed by atoms with van der Waals surface area (Å²) in [6.07, 6.45) is -2.76. The highest BCUT2D eigenvalue weighted by molar-refractivity contribution is 4.78. The SMILES string of the molecule is CC1OCCC1NCCCCC(F)(F)F. The van der Waals surface area contributed by atoms with Crippen molar-refractivity contribution in [3.05, 3.63) is 0 Å². The second kappa shape index (κ2) is 5.70. The Balaban J connectivity index is 1.97. The Morgan fingerprint density at radius 1 is 1.33 bits per heavy atom. The van der Waals surface area contributed by atoms with Crippen LogP contribution in [0.1, 0.15) is 32.6 Å². The Hall–Kier alpha value is -0.290. The maximum Gasteiger partial charge on any atom is 0.389 e. The molecule has 15 heavy (non-hydrogen) atoms. The van der Waals surface area contributed by atoms with Crippen LogP contribution in [0.2, 0.25) is 0 Å². The van der Waals surface area contributed by atoms with Crippen molar-refractivity contribution < 1.29 is 17.9 Å². The molecule has 0 saturated carbocycles. The molecule has 0 spiro atoms. The van der Waals surface area contributed by atoms with Crippen molar-refractivity contribution in [1.82, 2.24) is 5.32 Å². The first-order chi connectivity index (χ1) is 6.99. The fourth-order valence-electron chi connectivity index (χ4n) is 1.74. The summed E-state index contributed by atoms with van der Waals surface area (Å²) in [4.78, 5) is 0. The van der Waals surface area contributed by atoms with E-state index in [1.54, 1.807) is 0 Å². The molecule has 5 heteroatoms. The zero-order chi connectivity index (χ0) is 11.3. The van der Waals surface area contributed by atoms with Gasteiger partial charge in [-0.15, -0.1) is 0 Å². The third-order valence-electron chi connectivity index (χ3n) is 2.67. The van der Waals surface area contributed by atoms with Gasteiger partial charge in [-0.25, -0.2) is 0 Å². The van der Waals surface area contributed by atoms with E-state index in [1.807, 2.05) is 6.92 Å². The van der Waals surface area contributed by atoms with Crippen molar-refractivity contribution in [1.29, 1.82) is 0 Å². The molecule has 2 nitrogen and oxygen atoms in total. The van der Waals surface area contributed by atoms with Gasteiger partial charge in [-0.3, -0.25) is 0 Å². The van der Waals surface area contributed by atoms with Crippen LogP contribution in [-0.4, -0.2) is 31.5 Å². The Morgan fingerprint density at radius 2 is 2.07 bits per heavy atom. The van der Waals surface area contributed by atoms with Gasteiger partial charge in [-0.2, -0.15) is 13.2 Å². The Morgan fingerprint density at radius 3 is 2.60 bits per heavy atom. The Labute approximate surface area is 88.2 Å². The summed E-state index contributed by atoms with van der Waals surface area (Å²) in [5.41, 5.74) is 0. The molecular weight excluding hydrogens is 207 g/mol. The summed E-state index contributed by atoms with van der Waals surface area (Å²) >= 11 is 0. The first-order valence-corrected chi connectivity index (χ1v) is 5.41. The average molecular weight is 225 g/mol. The summed E-state index contributed by atoms with van der Waals surface area (Å²) in [6, 6.07) is 0.316. The van der Waals surface area contributed by atoms with Crippen LogP contribution < -0.4 is 5.32 Å². The molecule has 90 valence electrons. The van der Waals surface area contributed by atoms with E-state index in [4.69, 9.17) is 4.74 Å². The van der Waals surface area contributed by atoms with Crippen LogP contribution in [0.4, 0.5) is 13.2 Å². The lowest BCUT2D eigenvalue weighted by atomic mass is 10.1. The van der Waals surface area contributed by atoms with Crippen LogP contribution >= 0.6 is 0 Å². The summed E-state index contributed by atoms with van der Waals surface area (Å²) in [5.74, 6) is 0. The Bertz CT molecular complexity index is 184. The summed E-state index contributed by atoms with van der Waals surface area (Å²) in [6.45, 7) is 3.39. The van der Waals surface area contributed by atoms with Gasteiger partial charge in [0.1, 0.15) is 0 Å². The van der Waals surface area contributed by atoms with E-state index in [-0.39, 0.29) is 12.5 Å². The Kier molecular flexibility index (Phi) is 4.86. The van der Waals surface area contributed by atoms with Crippen LogP contribution in [0.3, 0.4) is 0 Å². The molecule has 2 atom stereocenters. The minimum atomic E-state index is -4.01. The predicted molar refractivity (Wildman–Crippen MR) is 51.7 cm³/mol. The van der Waals surface area contributed by atoms with Gasteiger partial charge in [0.15, 0.2) is 0 Å². The number of nitrogens with one attached hydrogen (secondary N) is 1. The largest absolute Gasteiger partial charge is 0.389 e. The van der Waals surface area contributed by atoms with Gasteiger partial charge in [-0.05, 0) is 32.7 Å². The zero-order valence-electron chi connectivity index (χ0n) is 8.94. The quantitative estimate of drug-likeness (QED) is 0.726. The van der Waals surface area contributed by atoms with Gasteiger partial charge in [0.05, 0.1) is 6.10 Å². The molecule has 1 rings (SSSR count). The second-order valence-electron chi connectivity index (χ2n) is 4.00. The smallest absolute Gasteiger partial charge is 0.377 e. The van der Waals surface area contributed by atoms with Gasteiger partial charge < -0.3 is 10.1 Å². The summed E-state index contributed by atoms with van der Waals surface area (Å²) in [5, 5.41) is 3.23. The summed E-state index contributed by atoms with van der Waals surface area (Å²) in [7, 11) is 0. The molecule has 0 aromatic heterocycles. The minimum Gasteiger partial charge on any atom is -0.377 e. The van der Waals surface area contributed by atoms with Gasteiger partial charge in [0, 0.05) is 19.1 Å². The van der Waals surface area contributed by atoms with Crippen LogP contribution in [-0.2, 0) is 4.74 Å². The third-order valence-corrected chi connectivity index (χ3v) is 2.67. The average Bonchev–Trinajstić information content (AvgIpc) is 2.49. The van der Waals surface area contributed by atoms with Crippen molar-refractivity contribution in [3.8, 4) is 0 Å². The van der Waals surface area contributed by atoms with Crippen molar-refractivity contribution in [2.45, 2.75) is 50.9 Å². The van der Waals surface area contributed by atoms with Crippen LogP contribution in [0, 0.1) is 0 Å². The lowest BCUT2D eigenvalue weighted by Gasteiger charge is -2.15. The van der Waals surface area contributed by atoms with Gasteiger partial charge >= 0.3 is 6.18 Å². The zero-order valence-corrected chi connectivity index (χ0v) is 8.94. The summed E-state index contributed by atoms with van der Waals surface area (Å²) < 4.78 is 40.8. The molecule has 0 radical (unpaired) electrons. The maximum atomic E-state index is 11.8. The third kappa shape index (κ3) is 5.37. The molecule has 1 fully saturated rings. The topological polar surface area (TPSA) is 21.3 Å². The molecule has 1 aliphatic heterocycles. The van der Waals surface area contributed by atoms with E-state index in [1.165, 1.54) is 0 Å². The molecule has 1 aliphatic rings. The fourth-order valence-corrected chi connectivity index (χ4v) is 1.74. The second-order valence-corrected chi connectivity index (χ2v) is 4.00. The van der Waals surface area contributed by atoms with Crippen LogP contribution in [0.25, 0.3) is 0 Å². The predicted octanol–water partition coefficient (Wildman–Crippen LogP) is 2.49. The molecule has 1 heterocycles. The number of alkyl halides is 3. The normalized spacial score (nSPS) is 27.2. The molecule has 0 aliphatic carbocycles. The van der Waals surface area contributed by atoms with Crippen molar-refractivity contribution in [3.63, 3.8) is 0 Å². The van der Waals surface area contributed by atoms with E-state index in [2.05, 4.69) is 5.32 Å². The fraction of sp³-hybridized carbons (Fsp3) is 1.00. The first kappa shape index (κ1) is 12.8. The number of ether oxygens (including phenoxy) is 1. The van der Waals surface area contributed by atoms with E-state index in [0.717, 1.165) is 13.0 Å². The number of halogens is 3. The molecule has 0 aromatic rings. The van der Waals surface area contributed by atoms with Crippen molar-refractivity contribution >= 4 is 0 Å². The molecule has 2 unspecified atom stereocenters. The van der Waals surface area contributed by atoms with Gasteiger partial charge in [-0.1, -0.05) is 0 Å². The molecule has 0 amide bonds. The number of unbranched alkanes of at least 4 members (excludes halogenated alkanes) is 1.